The predicted molar refractivity (Wildman–Crippen MR) is 84.9 cm³/mol. The third kappa shape index (κ3) is 2.29. The summed E-state index contributed by atoms with van der Waals surface area (Å²) in [7, 11) is 0. The van der Waals surface area contributed by atoms with Crippen LogP contribution in [0.15, 0.2) is 29.6 Å². The molecule has 0 spiro atoms. The van der Waals surface area contributed by atoms with E-state index in [1.54, 1.807) is 5.38 Å². The molecule has 2 heterocycles. The van der Waals surface area contributed by atoms with Crippen molar-refractivity contribution in [2.45, 2.75) is 5.92 Å². The number of Topliss-reactive ketones (excluding diaryl/α,β-unsaturated/α-hetero) is 1. The van der Waals surface area contributed by atoms with Crippen molar-refractivity contribution in [2.75, 3.05) is 4.90 Å². The summed E-state index contributed by atoms with van der Waals surface area (Å²) in [5.74, 6) is -2.27. The van der Waals surface area contributed by atoms with Crippen LogP contribution in [-0.2, 0) is 4.79 Å². The fraction of sp³-hybridized carbons (Fsp3) is 0.0714. The molecular formula is C14H8Cl2N2O3S. The van der Waals surface area contributed by atoms with Crippen molar-refractivity contribution >= 4 is 57.9 Å². The first-order chi connectivity index (χ1) is 10.4. The number of nitrogens with two attached hydrogens (primary N) is 1. The van der Waals surface area contributed by atoms with Gasteiger partial charge in [-0.05, 0) is 29.8 Å². The van der Waals surface area contributed by atoms with Crippen molar-refractivity contribution in [1.29, 1.82) is 0 Å². The van der Waals surface area contributed by atoms with Gasteiger partial charge in [-0.2, -0.15) is 0 Å². The predicted octanol–water partition coefficient (Wildman–Crippen LogP) is 3.45. The molecule has 1 atom stereocenters. The number of hydrogen-bond donors (Lipinski definition) is 1. The first kappa shape index (κ1) is 15.0. The number of nitrogens with zero attached hydrogens (tertiary/aromatic N) is 1. The van der Waals surface area contributed by atoms with E-state index in [-0.39, 0.29) is 5.69 Å². The highest BCUT2D eigenvalue weighted by atomic mass is 35.5. The van der Waals surface area contributed by atoms with Crippen LogP contribution in [0.5, 0.6) is 0 Å². The Balaban J connectivity index is 2.12. The minimum atomic E-state index is -1.15. The Hall–Kier alpha value is -1.89. The minimum Gasteiger partial charge on any atom is -0.351 e. The van der Waals surface area contributed by atoms with Crippen LogP contribution < -0.4 is 10.6 Å². The summed E-state index contributed by atoms with van der Waals surface area (Å²) in [6, 6.07) is 5.06. The standard InChI is InChI=1S/C14H8Cl2N2O3S/c15-7-1-2-9-8(4-7)11(13(20)18(9)14(17)21)12(19)6-3-10(16)22-5-6/h1-5,11H,(H2,17,21). The van der Waals surface area contributed by atoms with Crippen LogP contribution in [0.25, 0.3) is 0 Å². The van der Waals surface area contributed by atoms with Crippen molar-refractivity contribution in [1.82, 2.24) is 0 Å². The number of carbonyl (C=O) groups is 3. The van der Waals surface area contributed by atoms with Gasteiger partial charge in [-0.3, -0.25) is 9.59 Å². The molecule has 112 valence electrons. The van der Waals surface area contributed by atoms with Crippen LogP contribution in [0.3, 0.4) is 0 Å². The molecule has 5 nitrogen and oxygen atoms in total. The number of hydrogen-bond acceptors (Lipinski definition) is 4. The van der Waals surface area contributed by atoms with Gasteiger partial charge in [0.15, 0.2) is 5.78 Å². The molecule has 3 amide bonds. The van der Waals surface area contributed by atoms with Gasteiger partial charge in [0.2, 0.25) is 0 Å². The van der Waals surface area contributed by atoms with E-state index in [0.29, 0.717) is 20.5 Å². The summed E-state index contributed by atoms with van der Waals surface area (Å²) in [6.07, 6.45) is 0. The van der Waals surface area contributed by atoms with Crippen LogP contribution in [0.2, 0.25) is 9.36 Å². The molecule has 0 saturated carbocycles. The number of anilines is 1. The Bertz CT molecular complexity index is 818. The van der Waals surface area contributed by atoms with E-state index in [0.717, 1.165) is 4.90 Å². The maximum absolute atomic E-state index is 12.6. The number of primary amides is 1. The second-order valence-corrected chi connectivity index (χ2v) is 6.63. The molecule has 1 aromatic carbocycles. The number of benzene rings is 1. The van der Waals surface area contributed by atoms with Crippen LogP contribution in [0.1, 0.15) is 21.8 Å². The highest BCUT2D eigenvalue weighted by Gasteiger charge is 2.44. The van der Waals surface area contributed by atoms with Crippen LogP contribution in [0.4, 0.5) is 10.5 Å². The lowest BCUT2D eigenvalue weighted by Crippen LogP contribution is -2.40. The van der Waals surface area contributed by atoms with Gasteiger partial charge in [-0.15, -0.1) is 11.3 Å². The summed E-state index contributed by atoms with van der Waals surface area (Å²) in [4.78, 5) is 37.4. The van der Waals surface area contributed by atoms with Gasteiger partial charge < -0.3 is 5.73 Å². The van der Waals surface area contributed by atoms with Crippen LogP contribution >= 0.6 is 34.5 Å². The fourth-order valence-corrected chi connectivity index (χ4v) is 3.48. The highest BCUT2D eigenvalue weighted by Crippen LogP contribution is 2.41. The molecule has 1 aliphatic heterocycles. The van der Waals surface area contributed by atoms with Gasteiger partial charge in [0, 0.05) is 16.0 Å². The molecule has 1 aromatic heterocycles. The normalized spacial score (nSPS) is 16.7. The zero-order valence-electron chi connectivity index (χ0n) is 10.9. The molecule has 0 saturated heterocycles. The number of thiophene rings is 1. The van der Waals surface area contributed by atoms with E-state index < -0.39 is 23.6 Å². The second kappa shape index (κ2) is 5.39. The zero-order chi connectivity index (χ0) is 16.0. The molecule has 2 aromatic rings. The van der Waals surface area contributed by atoms with Gasteiger partial charge >= 0.3 is 6.03 Å². The maximum Gasteiger partial charge on any atom is 0.326 e. The quantitative estimate of drug-likeness (QED) is 0.662. The SMILES string of the molecule is NC(=O)N1C(=O)C(C(=O)c2csc(Cl)c2)c2cc(Cl)ccc21. The monoisotopic (exact) mass is 354 g/mol. The molecule has 1 aliphatic rings. The minimum absolute atomic E-state index is 0.279. The van der Waals surface area contributed by atoms with E-state index in [4.69, 9.17) is 28.9 Å². The molecule has 22 heavy (non-hydrogen) atoms. The third-order valence-corrected chi connectivity index (χ3v) is 4.67. The summed E-state index contributed by atoms with van der Waals surface area (Å²) in [5.41, 5.74) is 6.20. The Morgan fingerprint density at radius 3 is 2.55 bits per heavy atom. The molecule has 0 bridgehead atoms. The number of fused-ring (bicyclic) bond motifs is 1. The lowest BCUT2D eigenvalue weighted by atomic mass is 9.93. The molecule has 2 N–H and O–H groups in total. The molecule has 0 fully saturated rings. The number of imide groups is 1. The second-order valence-electron chi connectivity index (χ2n) is 4.65. The fourth-order valence-electron chi connectivity index (χ4n) is 2.43. The summed E-state index contributed by atoms with van der Waals surface area (Å²) < 4.78 is 0.437. The summed E-state index contributed by atoms with van der Waals surface area (Å²) >= 11 is 13.0. The molecule has 8 heteroatoms. The van der Waals surface area contributed by atoms with E-state index in [1.165, 1.54) is 35.6 Å². The molecule has 1 unspecified atom stereocenters. The number of amides is 3. The molecule has 0 aliphatic carbocycles. The summed E-state index contributed by atoms with van der Waals surface area (Å²) in [5, 5.41) is 1.92. The van der Waals surface area contributed by atoms with Crippen LogP contribution in [0, 0.1) is 0 Å². The Labute approximate surface area is 139 Å². The summed E-state index contributed by atoms with van der Waals surface area (Å²) in [6.45, 7) is 0. The van der Waals surface area contributed by atoms with Crippen LogP contribution in [-0.4, -0.2) is 17.7 Å². The van der Waals surface area contributed by atoms with Gasteiger partial charge in [-0.1, -0.05) is 23.2 Å². The Morgan fingerprint density at radius 1 is 1.23 bits per heavy atom. The topological polar surface area (TPSA) is 80.5 Å². The number of ketones is 1. The zero-order valence-corrected chi connectivity index (χ0v) is 13.2. The van der Waals surface area contributed by atoms with E-state index >= 15 is 0 Å². The average molecular weight is 355 g/mol. The highest BCUT2D eigenvalue weighted by molar-refractivity contribution is 7.14. The van der Waals surface area contributed by atoms with Crippen molar-refractivity contribution in [3.05, 3.63) is 50.1 Å². The average Bonchev–Trinajstić information content (AvgIpc) is 2.98. The van der Waals surface area contributed by atoms with Gasteiger partial charge in [-0.25, -0.2) is 9.69 Å². The molecule has 0 radical (unpaired) electrons. The number of urea groups is 1. The third-order valence-electron chi connectivity index (χ3n) is 3.34. The lowest BCUT2D eigenvalue weighted by Gasteiger charge is -2.12. The Morgan fingerprint density at radius 2 is 1.95 bits per heavy atom. The maximum atomic E-state index is 12.6. The molecular weight excluding hydrogens is 347 g/mol. The Kier molecular flexibility index (Phi) is 3.68. The van der Waals surface area contributed by atoms with E-state index in [1.807, 2.05) is 0 Å². The van der Waals surface area contributed by atoms with Crippen molar-refractivity contribution in [3.8, 4) is 0 Å². The van der Waals surface area contributed by atoms with Gasteiger partial charge in [0.25, 0.3) is 5.91 Å². The molecule has 3 rings (SSSR count). The smallest absolute Gasteiger partial charge is 0.326 e. The largest absolute Gasteiger partial charge is 0.351 e. The number of carbonyl (C=O) groups excluding carboxylic acids is 3. The lowest BCUT2D eigenvalue weighted by molar-refractivity contribution is -0.117. The van der Waals surface area contributed by atoms with Crippen molar-refractivity contribution in [2.24, 2.45) is 5.73 Å². The van der Waals surface area contributed by atoms with Gasteiger partial charge in [0.05, 0.1) is 10.0 Å². The van der Waals surface area contributed by atoms with Crippen molar-refractivity contribution < 1.29 is 14.4 Å². The van der Waals surface area contributed by atoms with Crippen molar-refractivity contribution in [3.63, 3.8) is 0 Å². The first-order valence-corrected chi connectivity index (χ1v) is 7.75. The number of rotatable bonds is 2. The van der Waals surface area contributed by atoms with Gasteiger partial charge in [0.1, 0.15) is 5.92 Å². The van der Waals surface area contributed by atoms with E-state index in [2.05, 4.69) is 0 Å². The first-order valence-electron chi connectivity index (χ1n) is 6.11. The van der Waals surface area contributed by atoms with E-state index in [9.17, 15) is 14.4 Å². The number of halogens is 2.